The molecule has 0 spiro atoms. The molecule has 0 heterocycles. The van der Waals surface area contributed by atoms with Crippen LogP contribution in [0.5, 0.6) is 0 Å². The van der Waals surface area contributed by atoms with Gasteiger partial charge in [-0.1, -0.05) is 0 Å². The summed E-state index contributed by atoms with van der Waals surface area (Å²) in [5.41, 5.74) is -0.514. The molecule has 0 unspecified atom stereocenters. The predicted octanol–water partition coefficient (Wildman–Crippen LogP) is 2.18. The third-order valence-electron chi connectivity index (χ3n) is 3.07. The summed E-state index contributed by atoms with van der Waals surface area (Å²) in [5, 5.41) is 11.5. The molecular formula is C12H11BrFNO3. The van der Waals surface area contributed by atoms with Crippen LogP contribution in [0.2, 0.25) is 0 Å². The Morgan fingerprint density at radius 3 is 2.61 bits per heavy atom. The number of aliphatic carboxylic acids is 1. The van der Waals surface area contributed by atoms with Crippen LogP contribution in [-0.2, 0) is 4.79 Å². The first-order valence-corrected chi connectivity index (χ1v) is 6.21. The van der Waals surface area contributed by atoms with Crippen LogP contribution in [0.4, 0.5) is 4.39 Å². The zero-order valence-electron chi connectivity index (χ0n) is 9.37. The van der Waals surface area contributed by atoms with Gasteiger partial charge in [0.2, 0.25) is 0 Å². The molecule has 2 rings (SSSR count). The predicted molar refractivity (Wildman–Crippen MR) is 65.7 cm³/mol. The van der Waals surface area contributed by atoms with Gasteiger partial charge in [-0.3, -0.25) is 9.59 Å². The fraction of sp³-hybridized carbons (Fsp3) is 0.333. The minimum absolute atomic E-state index is 0.102. The fourth-order valence-corrected chi connectivity index (χ4v) is 2.17. The molecule has 1 amide bonds. The summed E-state index contributed by atoms with van der Waals surface area (Å²) in [6.45, 7) is 0.102. The number of rotatable bonds is 4. The molecule has 6 heteroatoms. The van der Waals surface area contributed by atoms with Crippen LogP contribution in [0.25, 0.3) is 0 Å². The number of amides is 1. The Labute approximate surface area is 111 Å². The lowest BCUT2D eigenvalue weighted by atomic mass is 10.1. The Morgan fingerprint density at radius 1 is 1.44 bits per heavy atom. The second-order valence-corrected chi connectivity index (χ2v) is 5.25. The van der Waals surface area contributed by atoms with Gasteiger partial charge < -0.3 is 10.4 Å². The summed E-state index contributed by atoms with van der Waals surface area (Å²) >= 11 is 3.10. The van der Waals surface area contributed by atoms with E-state index in [1.165, 1.54) is 18.2 Å². The molecule has 18 heavy (non-hydrogen) atoms. The third kappa shape index (κ3) is 2.53. The molecule has 1 aromatic carbocycles. The van der Waals surface area contributed by atoms with Crippen molar-refractivity contribution in [1.82, 2.24) is 5.32 Å². The number of nitrogens with one attached hydrogen (secondary N) is 1. The van der Waals surface area contributed by atoms with Gasteiger partial charge in [0.1, 0.15) is 5.82 Å². The van der Waals surface area contributed by atoms with Crippen molar-refractivity contribution in [2.45, 2.75) is 12.8 Å². The number of carbonyl (C=O) groups excluding carboxylic acids is 1. The molecule has 1 aliphatic rings. The van der Waals surface area contributed by atoms with Crippen LogP contribution in [0.3, 0.4) is 0 Å². The number of benzene rings is 1. The quantitative estimate of drug-likeness (QED) is 0.895. The number of carboxylic acids is 1. The number of hydrogen-bond acceptors (Lipinski definition) is 2. The van der Waals surface area contributed by atoms with E-state index in [0.29, 0.717) is 17.3 Å². The van der Waals surface area contributed by atoms with Crippen LogP contribution >= 0.6 is 15.9 Å². The van der Waals surface area contributed by atoms with Gasteiger partial charge in [-0.05, 0) is 47.0 Å². The van der Waals surface area contributed by atoms with Gasteiger partial charge in [-0.15, -0.1) is 0 Å². The van der Waals surface area contributed by atoms with Crippen molar-refractivity contribution in [2.75, 3.05) is 6.54 Å². The average molecular weight is 316 g/mol. The monoisotopic (exact) mass is 315 g/mol. The van der Waals surface area contributed by atoms with Crippen LogP contribution in [0.15, 0.2) is 22.7 Å². The highest BCUT2D eigenvalue weighted by atomic mass is 79.9. The lowest BCUT2D eigenvalue weighted by Gasteiger charge is -2.11. The zero-order valence-corrected chi connectivity index (χ0v) is 11.0. The van der Waals surface area contributed by atoms with E-state index in [0.717, 1.165) is 0 Å². The summed E-state index contributed by atoms with van der Waals surface area (Å²) < 4.78 is 13.2. The maximum atomic E-state index is 12.9. The first-order chi connectivity index (χ1) is 8.44. The summed E-state index contributed by atoms with van der Waals surface area (Å²) in [4.78, 5) is 22.8. The van der Waals surface area contributed by atoms with E-state index in [4.69, 9.17) is 5.11 Å². The van der Waals surface area contributed by atoms with Crippen molar-refractivity contribution in [3.63, 3.8) is 0 Å². The number of carboxylic acid groups (broad SMARTS) is 1. The zero-order chi connectivity index (χ0) is 13.3. The van der Waals surface area contributed by atoms with Gasteiger partial charge in [-0.2, -0.15) is 0 Å². The lowest BCUT2D eigenvalue weighted by molar-refractivity contribution is -0.143. The standard InChI is InChI=1S/C12H11BrFNO3/c13-9-5-7(14)1-2-8(9)10(16)15-6-12(3-4-12)11(17)18/h1-2,5H,3-4,6H2,(H,15,16)(H,17,18). The highest BCUT2D eigenvalue weighted by Gasteiger charge is 2.50. The number of hydrogen-bond donors (Lipinski definition) is 2. The molecule has 1 fully saturated rings. The summed E-state index contributed by atoms with van der Waals surface area (Å²) in [6, 6.07) is 3.73. The van der Waals surface area contributed by atoms with Crippen molar-refractivity contribution >= 4 is 27.8 Å². The van der Waals surface area contributed by atoms with E-state index >= 15 is 0 Å². The third-order valence-corrected chi connectivity index (χ3v) is 3.73. The minimum atomic E-state index is -0.888. The highest BCUT2D eigenvalue weighted by Crippen LogP contribution is 2.45. The van der Waals surface area contributed by atoms with Crippen LogP contribution in [0.1, 0.15) is 23.2 Å². The Hall–Kier alpha value is -1.43. The minimum Gasteiger partial charge on any atom is -0.481 e. The van der Waals surface area contributed by atoms with E-state index in [1.54, 1.807) is 0 Å². The van der Waals surface area contributed by atoms with Gasteiger partial charge in [0.15, 0.2) is 0 Å². The van der Waals surface area contributed by atoms with Gasteiger partial charge >= 0.3 is 5.97 Å². The lowest BCUT2D eigenvalue weighted by Crippen LogP contribution is -2.34. The molecule has 4 nitrogen and oxygen atoms in total. The van der Waals surface area contributed by atoms with E-state index in [2.05, 4.69) is 21.2 Å². The maximum absolute atomic E-state index is 12.9. The molecular weight excluding hydrogens is 305 g/mol. The second kappa shape index (κ2) is 4.68. The summed E-state index contributed by atoms with van der Waals surface area (Å²) in [6.07, 6.45) is 1.15. The average Bonchev–Trinajstić information content (AvgIpc) is 3.07. The highest BCUT2D eigenvalue weighted by molar-refractivity contribution is 9.10. The summed E-state index contributed by atoms with van der Waals surface area (Å²) in [7, 11) is 0. The van der Waals surface area contributed by atoms with E-state index in [9.17, 15) is 14.0 Å². The first kappa shape index (κ1) is 13.0. The number of halogens is 2. The Morgan fingerprint density at radius 2 is 2.11 bits per heavy atom. The summed E-state index contributed by atoms with van der Waals surface area (Å²) in [5.74, 6) is -1.74. The SMILES string of the molecule is O=C(NCC1(C(=O)O)CC1)c1ccc(F)cc1Br. The largest absolute Gasteiger partial charge is 0.481 e. The molecule has 2 N–H and O–H groups in total. The van der Waals surface area contributed by atoms with Crippen molar-refractivity contribution in [2.24, 2.45) is 5.41 Å². The van der Waals surface area contributed by atoms with Crippen LogP contribution < -0.4 is 5.32 Å². The molecule has 96 valence electrons. The smallest absolute Gasteiger partial charge is 0.311 e. The van der Waals surface area contributed by atoms with Crippen molar-refractivity contribution in [3.05, 3.63) is 34.1 Å². The molecule has 1 saturated carbocycles. The van der Waals surface area contributed by atoms with Crippen molar-refractivity contribution in [1.29, 1.82) is 0 Å². The maximum Gasteiger partial charge on any atom is 0.311 e. The van der Waals surface area contributed by atoms with Gasteiger partial charge in [0, 0.05) is 11.0 Å². The molecule has 0 radical (unpaired) electrons. The first-order valence-electron chi connectivity index (χ1n) is 5.41. The molecule has 1 aliphatic carbocycles. The van der Waals surface area contributed by atoms with E-state index < -0.39 is 23.1 Å². The van der Waals surface area contributed by atoms with Gasteiger partial charge in [0.25, 0.3) is 5.91 Å². The van der Waals surface area contributed by atoms with Crippen molar-refractivity contribution in [3.8, 4) is 0 Å². The van der Waals surface area contributed by atoms with Crippen LogP contribution in [0, 0.1) is 11.2 Å². The van der Waals surface area contributed by atoms with E-state index in [1.807, 2.05) is 0 Å². The Kier molecular flexibility index (Phi) is 3.38. The van der Waals surface area contributed by atoms with E-state index in [-0.39, 0.29) is 12.1 Å². The Balaban J connectivity index is 2.02. The molecule has 0 aliphatic heterocycles. The number of carbonyl (C=O) groups is 2. The van der Waals surface area contributed by atoms with Gasteiger partial charge in [0.05, 0.1) is 11.0 Å². The molecule has 0 bridgehead atoms. The van der Waals surface area contributed by atoms with Gasteiger partial charge in [-0.25, -0.2) is 4.39 Å². The van der Waals surface area contributed by atoms with Crippen molar-refractivity contribution < 1.29 is 19.1 Å². The normalized spacial score (nSPS) is 16.1. The molecule has 0 atom stereocenters. The molecule has 1 aromatic rings. The molecule has 0 aromatic heterocycles. The Bertz CT molecular complexity index is 514. The second-order valence-electron chi connectivity index (χ2n) is 4.39. The fourth-order valence-electron chi connectivity index (χ4n) is 1.64. The topological polar surface area (TPSA) is 66.4 Å². The van der Waals surface area contributed by atoms with Crippen LogP contribution in [-0.4, -0.2) is 23.5 Å². The molecule has 0 saturated heterocycles.